The summed E-state index contributed by atoms with van der Waals surface area (Å²) in [5.74, 6) is 0.0735. The summed E-state index contributed by atoms with van der Waals surface area (Å²) in [7, 11) is 0. The lowest BCUT2D eigenvalue weighted by molar-refractivity contribution is 0.0907. The quantitative estimate of drug-likeness (QED) is 0.877. The van der Waals surface area contributed by atoms with Gasteiger partial charge in [-0.15, -0.1) is 11.6 Å². The molecule has 2 rings (SSSR count). The molecular formula is C16H17ClN2O. The van der Waals surface area contributed by atoms with Gasteiger partial charge in [0.05, 0.1) is 5.54 Å². The first-order valence-electron chi connectivity index (χ1n) is 6.42. The third-order valence-corrected chi connectivity index (χ3v) is 3.83. The third kappa shape index (κ3) is 2.99. The van der Waals surface area contributed by atoms with Crippen molar-refractivity contribution in [2.75, 3.05) is 5.88 Å². The maximum atomic E-state index is 12.4. The number of halogens is 1. The highest BCUT2D eigenvalue weighted by Crippen LogP contribution is 2.22. The highest BCUT2D eigenvalue weighted by Gasteiger charge is 2.28. The monoisotopic (exact) mass is 288 g/mol. The van der Waals surface area contributed by atoms with E-state index in [1.807, 2.05) is 56.3 Å². The van der Waals surface area contributed by atoms with E-state index in [-0.39, 0.29) is 11.8 Å². The van der Waals surface area contributed by atoms with Crippen LogP contribution < -0.4 is 5.32 Å². The van der Waals surface area contributed by atoms with Gasteiger partial charge < -0.3 is 5.32 Å². The first-order chi connectivity index (χ1) is 9.57. The van der Waals surface area contributed by atoms with Gasteiger partial charge in [-0.25, -0.2) is 0 Å². The number of carbonyl (C=O) groups is 1. The molecule has 0 saturated heterocycles. The van der Waals surface area contributed by atoms with Gasteiger partial charge in [0.1, 0.15) is 5.69 Å². The minimum absolute atomic E-state index is 0.213. The lowest BCUT2D eigenvalue weighted by Gasteiger charge is -2.29. The van der Waals surface area contributed by atoms with Crippen molar-refractivity contribution in [3.63, 3.8) is 0 Å². The van der Waals surface area contributed by atoms with Crippen molar-refractivity contribution in [2.45, 2.75) is 19.4 Å². The lowest BCUT2D eigenvalue weighted by Crippen LogP contribution is -2.45. The topological polar surface area (TPSA) is 42.0 Å². The van der Waals surface area contributed by atoms with Gasteiger partial charge in [0, 0.05) is 12.1 Å². The van der Waals surface area contributed by atoms with E-state index >= 15 is 0 Å². The van der Waals surface area contributed by atoms with Gasteiger partial charge in [0.25, 0.3) is 5.91 Å². The van der Waals surface area contributed by atoms with E-state index in [0.29, 0.717) is 5.69 Å². The Balaban J connectivity index is 2.27. The Morgan fingerprint density at radius 3 is 2.55 bits per heavy atom. The standard InChI is InChI=1S/C16H17ClN2O/c1-12-7-6-10-18-14(12)15(20)19-16(2,11-17)13-8-4-3-5-9-13/h3-10H,11H2,1-2H3,(H,19,20). The van der Waals surface area contributed by atoms with E-state index in [9.17, 15) is 4.79 Å². The molecule has 0 aliphatic heterocycles. The van der Waals surface area contributed by atoms with Gasteiger partial charge >= 0.3 is 0 Å². The van der Waals surface area contributed by atoms with Crippen molar-refractivity contribution >= 4 is 17.5 Å². The zero-order valence-corrected chi connectivity index (χ0v) is 12.3. The molecule has 1 aromatic carbocycles. The van der Waals surface area contributed by atoms with Crippen LogP contribution in [0.2, 0.25) is 0 Å². The lowest BCUT2D eigenvalue weighted by atomic mass is 9.93. The minimum Gasteiger partial charge on any atom is -0.340 e. The van der Waals surface area contributed by atoms with E-state index in [1.54, 1.807) is 6.20 Å². The molecule has 1 N–H and O–H groups in total. The second-order valence-electron chi connectivity index (χ2n) is 4.95. The second kappa shape index (κ2) is 6.06. The van der Waals surface area contributed by atoms with Gasteiger partial charge in [0.15, 0.2) is 0 Å². The van der Waals surface area contributed by atoms with Crippen LogP contribution in [0.1, 0.15) is 28.5 Å². The highest BCUT2D eigenvalue weighted by molar-refractivity contribution is 6.19. The number of nitrogens with zero attached hydrogens (tertiary/aromatic N) is 1. The zero-order valence-electron chi connectivity index (χ0n) is 11.6. The summed E-state index contributed by atoms with van der Waals surface area (Å²) in [6.07, 6.45) is 1.61. The van der Waals surface area contributed by atoms with Gasteiger partial charge in [0.2, 0.25) is 0 Å². The number of rotatable bonds is 4. The molecule has 1 amide bonds. The number of aryl methyl sites for hydroxylation is 1. The summed E-state index contributed by atoms with van der Waals surface area (Å²) >= 11 is 6.08. The Bertz CT molecular complexity index is 600. The maximum Gasteiger partial charge on any atom is 0.270 e. The van der Waals surface area contributed by atoms with Crippen LogP contribution in [0.4, 0.5) is 0 Å². The molecule has 1 atom stereocenters. The molecule has 2 aromatic rings. The summed E-state index contributed by atoms with van der Waals surface area (Å²) < 4.78 is 0. The van der Waals surface area contributed by atoms with Crippen LogP contribution in [-0.4, -0.2) is 16.8 Å². The largest absolute Gasteiger partial charge is 0.340 e. The molecule has 0 bridgehead atoms. The van der Waals surface area contributed by atoms with Crippen LogP contribution in [0.25, 0.3) is 0 Å². The normalized spacial score (nSPS) is 13.6. The fourth-order valence-electron chi connectivity index (χ4n) is 2.02. The molecule has 0 aliphatic rings. The molecule has 0 fully saturated rings. The number of hydrogen-bond donors (Lipinski definition) is 1. The van der Waals surface area contributed by atoms with Crippen LogP contribution in [0.15, 0.2) is 48.7 Å². The van der Waals surface area contributed by atoms with Gasteiger partial charge in [-0.05, 0) is 31.0 Å². The number of carbonyl (C=O) groups excluding carboxylic acids is 1. The Morgan fingerprint density at radius 2 is 1.95 bits per heavy atom. The molecule has 1 heterocycles. The Labute approximate surface area is 124 Å². The summed E-state index contributed by atoms with van der Waals surface area (Å²) in [6.45, 7) is 3.77. The van der Waals surface area contributed by atoms with E-state index in [0.717, 1.165) is 11.1 Å². The number of hydrogen-bond acceptors (Lipinski definition) is 2. The number of pyridine rings is 1. The average molecular weight is 289 g/mol. The van der Waals surface area contributed by atoms with E-state index < -0.39 is 5.54 Å². The summed E-state index contributed by atoms with van der Waals surface area (Å²) in [4.78, 5) is 16.5. The predicted octanol–water partition coefficient (Wildman–Crippen LogP) is 3.27. The molecule has 1 aromatic heterocycles. The molecule has 20 heavy (non-hydrogen) atoms. The third-order valence-electron chi connectivity index (χ3n) is 3.29. The van der Waals surface area contributed by atoms with Gasteiger partial charge in [-0.1, -0.05) is 36.4 Å². The SMILES string of the molecule is Cc1cccnc1C(=O)NC(C)(CCl)c1ccccc1. The molecule has 0 aliphatic carbocycles. The molecule has 4 heteroatoms. The molecule has 104 valence electrons. The molecule has 0 radical (unpaired) electrons. The van der Waals surface area contributed by atoms with Gasteiger partial charge in [-0.3, -0.25) is 9.78 Å². The van der Waals surface area contributed by atoms with Gasteiger partial charge in [-0.2, -0.15) is 0 Å². The summed E-state index contributed by atoms with van der Waals surface area (Å²) in [5.41, 5.74) is 1.62. The summed E-state index contributed by atoms with van der Waals surface area (Å²) in [6, 6.07) is 13.4. The van der Waals surface area contributed by atoms with Crippen molar-refractivity contribution in [1.29, 1.82) is 0 Å². The van der Waals surface area contributed by atoms with Crippen LogP contribution in [0.3, 0.4) is 0 Å². The van der Waals surface area contributed by atoms with Crippen molar-refractivity contribution in [2.24, 2.45) is 0 Å². The number of nitrogens with one attached hydrogen (secondary N) is 1. The first-order valence-corrected chi connectivity index (χ1v) is 6.96. The molecule has 1 unspecified atom stereocenters. The molecular weight excluding hydrogens is 272 g/mol. The Morgan fingerprint density at radius 1 is 1.25 bits per heavy atom. The number of aromatic nitrogens is 1. The molecule has 0 saturated carbocycles. The van der Waals surface area contributed by atoms with E-state index in [2.05, 4.69) is 10.3 Å². The van der Waals surface area contributed by atoms with Crippen molar-refractivity contribution in [1.82, 2.24) is 10.3 Å². The van der Waals surface area contributed by atoms with E-state index in [1.165, 1.54) is 0 Å². The Hall–Kier alpha value is -1.87. The minimum atomic E-state index is -0.621. The fraction of sp³-hybridized carbons (Fsp3) is 0.250. The van der Waals surface area contributed by atoms with E-state index in [4.69, 9.17) is 11.6 Å². The number of benzene rings is 1. The predicted molar refractivity (Wildman–Crippen MR) is 81.0 cm³/mol. The highest BCUT2D eigenvalue weighted by atomic mass is 35.5. The number of amides is 1. The van der Waals surface area contributed by atoms with Crippen LogP contribution in [0.5, 0.6) is 0 Å². The molecule has 3 nitrogen and oxygen atoms in total. The van der Waals surface area contributed by atoms with Crippen molar-refractivity contribution in [3.8, 4) is 0 Å². The van der Waals surface area contributed by atoms with Crippen LogP contribution in [0, 0.1) is 6.92 Å². The zero-order chi connectivity index (χ0) is 14.6. The van der Waals surface area contributed by atoms with Crippen molar-refractivity contribution in [3.05, 3.63) is 65.5 Å². The smallest absolute Gasteiger partial charge is 0.270 e. The average Bonchev–Trinajstić information content (AvgIpc) is 2.48. The van der Waals surface area contributed by atoms with Crippen LogP contribution >= 0.6 is 11.6 Å². The van der Waals surface area contributed by atoms with Crippen molar-refractivity contribution < 1.29 is 4.79 Å². The number of alkyl halides is 1. The first kappa shape index (κ1) is 14.5. The Kier molecular flexibility index (Phi) is 4.40. The van der Waals surface area contributed by atoms with Crippen LogP contribution in [-0.2, 0) is 5.54 Å². The fourth-order valence-corrected chi connectivity index (χ4v) is 2.24. The maximum absolute atomic E-state index is 12.4. The summed E-state index contributed by atoms with van der Waals surface area (Å²) in [5, 5.41) is 2.98. The second-order valence-corrected chi connectivity index (χ2v) is 5.22. The molecule has 0 spiro atoms.